The fourth-order valence-electron chi connectivity index (χ4n) is 5.33. The van der Waals surface area contributed by atoms with Gasteiger partial charge >= 0.3 is 0 Å². The predicted octanol–water partition coefficient (Wildman–Crippen LogP) is 8.83. The minimum Gasteiger partial charge on any atom is -0.457 e. The normalized spacial score (nSPS) is 17.3. The lowest BCUT2D eigenvalue weighted by Crippen LogP contribution is -2.25. The molecule has 3 aromatic rings. The topological polar surface area (TPSA) is 95.2 Å². The van der Waals surface area contributed by atoms with E-state index in [-0.39, 0.29) is 12.4 Å². The molecule has 0 aliphatic heterocycles. The van der Waals surface area contributed by atoms with Gasteiger partial charge in [-0.25, -0.2) is 9.98 Å². The van der Waals surface area contributed by atoms with Crippen LogP contribution in [-0.2, 0) is 0 Å². The number of rotatable bonds is 8. The molecule has 0 aromatic heterocycles. The number of hydrogen-bond acceptors (Lipinski definition) is 4. The summed E-state index contributed by atoms with van der Waals surface area (Å²) in [6, 6.07) is 23.0. The van der Waals surface area contributed by atoms with E-state index in [2.05, 4.69) is 9.98 Å². The molecule has 2 fully saturated rings. The van der Waals surface area contributed by atoms with Crippen LogP contribution < -0.4 is 20.9 Å². The molecule has 5 rings (SSSR count). The molecule has 0 spiro atoms. The van der Waals surface area contributed by atoms with Crippen LogP contribution in [0.3, 0.4) is 0 Å². The number of hydrogen-bond donors (Lipinski definition) is 2. The number of ether oxygens (including phenoxy) is 2. The van der Waals surface area contributed by atoms with Gasteiger partial charge in [-0.15, -0.1) is 12.4 Å². The molecule has 0 atom stereocenters. The van der Waals surface area contributed by atoms with Gasteiger partial charge in [0.1, 0.15) is 34.7 Å². The van der Waals surface area contributed by atoms with Crippen LogP contribution in [-0.4, -0.2) is 11.7 Å². The average molecular weight is 547 g/mol. The molecule has 0 heterocycles. The molecule has 0 saturated heterocycles. The van der Waals surface area contributed by atoms with Crippen LogP contribution in [0.2, 0.25) is 0 Å². The van der Waals surface area contributed by atoms with Crippen molar-refractivity contribution in [2.75, 3.05) is 0 Å². The second-order valence-corrected chi connectivity index (χ2v) is 10.4. The molecular weight excluding hydrogens is 508 g/mol. The maximum absolute atomic E-state index is 6.28. The van der Waals surface area contributed by atoms with Gasteiger partial charge in [0.2, 0.25) is 0 Å². The van der Waals surface area contributed by atoms with Crippen molar-refractivity contribution in [1.82, 2.24) is 0 Å². The highest BCUT2D eigenvalue weighted by molar-refractivity contribution is 5.86. The highest BCUT2D eigenvalue weighted by Gasteiger charge is 2.18. The summed E-state index contributed by atoms with van der Waals surface area (Å²) in [5.41, 5.74) is 14.3. The lowest BCUT2D eigenvalue weighted by molar-refractivity contribution is 0.437. The minimum absolute atomic E-state index is 0. The molecule has 0 unspecified atom stereocenters. The van der Waals surface area contributed by atoms with Gasteiger partial charge in [-0.2, -0.15) is 0 Å². The number of halogens is 1. The van der Waals surface area contributed by atoms with E-state index in [9.17, 15) is 0 Å². The first-order valence-electron chi connectivity index (χ1n) is 14.0. The van der Waals surface area contributed by atoms with Crippen molar-refractivity contribution in [3.63, 3.8) is 0 Å². The predicted molar refractivity (Wildman–Crippen MR) is 162 cm³/mol. The van der Waals surface area contributed by atoms with Crippen molar-refractivity contribution in [2.45, 2.75) is 64.2 Å². The molecule has 3 aromatic carbocycles. The maximum Gasteiger partial charge on any atom is 0.131 e. The maximum atomic E-state index is 6.28. The van der Waals surface area contributed by atoms with Gasteiger partial charge in [0.25, 0.3) is 0 Å². The molecule has 0 amide bonds. The van der Waals surface area contributed by atoms with Crippen LogP contribution in [0, 0.1) is 11.8 Å². The first kappa shape index (κ1) is 28.5. The second kappa shape index (κ2) is 14.0. The summed E-state index contributed by atoms with van der Waals surface area (Å²) in [4.78, 5) is 9.28. The van der Waals surface area contributed by atoms with E-state index in [1.807, 2.05) is 72.8 Å². The molecule has 2 saturated carbocycles. The summed E-state index contributed by atoms with van der Waals surface area (Å²) >= 11 is 0. The molecule has 7 heteroatoms. The third-order valence-corrected chi connectivity index (χ3v) is 7.51. The summed E-state index contributed by atoms with van der Waals surface area (Å²) in [5.74, 6) is 5.16. The summed E-state index contributed by atoms with van der Waals surface area (Å²) in [5, 5.41) is 0. The third kappa shape index (κ3) is 8.24. The molecule has 2 aliphatic rings. The van der Waals surface area contributed by atoms with Gasteiger partial charge in [0.15, 0.2) is 0 Å². The molecule has 0 radical (unpaired) electrons. The summed E-state index contributed by atoms with van der Waals surface area (Å²) in [6.07, 6.45) is 12.1. The minimum atomic E-state index is 0. The van der Waals surface area contributed by atoms with Crippen molar-refractivity contribution < 1.29 is 9.47 Å². The molecule has 6 nitrogen and oxygen atoms in total. The van der Waals surface area contributed by atoms with E-state index in [0.29, 0.717) is 23.3 Å². The van der Waals surface area contributed by atoms with Crippen LogP contribution in [0.1, 0.15) is 64.2 Å². The van der Waals surface area contributed by atoms with Crippen LogP contribution in [0.5, 0.6) is 23.0 Å². The van der Waals surface area contributed by atoms with E-state index >= 15 is 0 Å². The van der Waals surface area contributed by atoms with Crippen LogP contribution in [0.25, 0.3) is 0 Å². The zero-order chi connectivity index (χ0) is 26.2. The standard InChI is InChI=1S/C32H38N4O2.ClH/c33-31(23-8-3-1-4-9-23)35-25-14-18-27(19-15-25)37-29-12-7-13-30(22-29)38-28-20-16-26(17-21-28)36-32(34)24-10-5-2-6-11-24;/h7,12-24H,1-6,8-11H2,(H2,33,35)(H2,34,36);1H. The number of aliphatic imine (C=N–C) groups is 2. The monoisotopic (exact) mass is 546 g/mol. The lowest BCUT2D eigenvalue weighted by atomic mass is 9.88. The van der Waals surface area contributed by atoms with Crippen molar-refractivity contribution in [1.29, 1.82) is 0 Å². The Morgan fingerprint density at radius 1 is 0.538 bits per heavy atom. The van der Waals surface area contributed by atoms with Crippen molar-refractivity contribution >= 4 is 35.5 Å². The van der Waals surface area contributed by atoms with Gasteiger partial charge in [0.05, 0.1) is 11.4 Å². The Morgan fingerprint density at radius 2 is 0.923 bits per heavy atom. The summed E-state index contributed by atoms with van der Waals surface area (Å²) in [6.45, 7) is 0. The highest BCUT2D eigenvalue weighted by Crippen LogP contribution is 2.31. The first-order chi connectivity index (χ1) is 18.6. The number of nitrogens with two attached hydrogens (primary N) is 2. The van der Waals surface area contributed by atoms with E-state index in [1.54, 1.807) is 0 Å². The first-order valence-corrected chi connectivity index (χ1v) is 14.0. The van der Waals surface area contributed by atoms with Crippen molar-refractivity contribution in [3.05, 3.63) is 72.8 Å². The fraction of sp³-hybridized carbons (Fsp3) is 0.375. The van der Waals surface area contributed by atoms with E-state index < -0.39 is 0 Å². The summed E-state index contributed by atoms with van der Waals surface area (Å²) < 4.78 is 12.1. The van der Waals surface area contributed by atoms with Gasteiger partial charge < -0.3 is 20.9 Å². The Hall–Kier alpha value is -3.51. The third-order valence-electron chi connectivity index (χ3n) is 7.51. The average Bonchev–Trinajstić information content (AvgIpc) is 2.96. The van der Waals surface area contributed by atoms with Gasteiger partial charge in [-0.3, -0.25) is 0 Å². The zero-order valence-electron chi connectivity index (χ0n) is 22.4. The lowest BCUT2D eigenvalue weighted by Gasteiger charge is -2.20. The Kier molecular flexibility index (Phi) is 10.3. The van der Waals surface area contributed by atoms with E-state index in [4.69, 9.17) is 20.9 Å². The van der Waals surface area contributed by atoms with Crippen molar-refractivity contribution in [3.8, 4) is 23.0 Å². The highest BCUT2D eigenvalue weighted by atomic mass is 35.5. The Morgan fingerprint density at radius 3 is 1.31 bits per heavy atom. The Balaban J connectivity index is 0.00000353. The second-order valence-electron chi connectivity index (χ2n) is 10.4. The number of nitrogens with zero attached hydrogens (tertiary/aromatic N) is 2. The molecule has 4 N–H and O–H groups in total. The SMILES string of the molecule is Cl.NC(=Nc1ccc(Oc2cccc(Oc3ccc(N=C(N)C4CCCCC4)cc3)c2)cc1)C1CCCCC1. The molecule has 0 bridgehead atoms. The van der Waals surface area contributed by atoms with Crippen LogP contribution in [0.4, 0.5) is 11.4 Å². The van der Waals surface area contributed by atoms with Gasteiger partial charge in [0, 0.05) is 17.9 Å². The van der Waals surface area contributed by atoms with Crippen LogP contribution >= 0.6 is 12.4 Å². The smallest absolute Gasteiger partial charge is 0.131 e. The van der Waals surface area contributed by atoms with E-state index in [1.165, 1.54) is 38.5 Å². The number of amidine groups is 2. The fourth-order valence-corrected chi connectivity index (χ4v) is 5.33. The van der Waals surface area contributed by atoms with Gasteiger partial charge in [-0.05, 0) is 86.3 Å². The zero-order valence-corrected chi connectivity index (χ0v) is 23.2. The Labute approximate surface area is 237 Å². The van der Waals surface area contributed by atoms with E-state index in [0.717, 1.165) is 60.2 Å². The molecular formula is C32H39ClN4O2. The summed E-state index contributed by atoms with van der Waals surface area (Å²) in [7, 11) is 0. The molecule has 39 heavy (non-hydrogen) atoms. The number of benzene rings is 3. The largest absolute Gasteiger partial charge is 0.457 e. The Bertz CT molecular complexity index is 1150. The molecule has 206 valence electrons. The van der Waals surface area contributed by atoms with Gasteiger partial charge in [-0.1, -0.05) is 44.6 Å². The van der Waals surface area contributed by atoms with Crippen LogP contribution in [0.15, 0.2) is 82.8 Å². The quantitative estimate of drug-likeness (QED) is 0.218. The van der Waals surface area contributed by atoms with Crippen molar-refractivity contribution in [2.24, 2.45) is 33.3 Å². The molecule has 2 aliphatic carbocycles.